The van der Waals surface area contributed by atoms with E-state index in [1.807, 2.05) is 13.0 Å². The summed E-state index contributed by atoms with van der Waals surface area (Å²) in [6.45, 7) is 1.82. The first-order valence-corrected chi connectivity index (χ1v) is 9.63. The third kappa shape index (κ3) is 3.13. The van der Waals surface area contributed by atoms with E-state index in [2.05, 4.69) is 0 Å². The molecular weight excluding hydrogens is 396 g/mol. The Morgan fingerprint density at radius 3 is 2.38 bits per heavy atom. The number of aliphatic hydroxyl groups excluding tert-OH is 1. The van der Waals surface area contributed by atoms with Gasteiger partial charge in [-0.15, -0.1) is 11.3 Å². The van der Waals surface area contributed by atoms with Crippen LogP contribution in [0.2, 0.25) is 0 Å². The van der Waals surface area contributed by atoms with Crippen LogP contribution in [0.15, 0.2) is 65.6 Å². The summed E-state index contributed by atoms with van der Waals surface area (Å²) < 4.78 is 27.3. The number of nitrogens with zero attached hydrogens (tertiary/aromatic N) is 1. The molecule has 1 fully saturated rings. The summed E-state index contributed by atoms with van der Waals surface area (Å²) in [7, 11) is 0. The van der Waals surface area contributed by atoms with E-state index in [0.717, 1.165) is 22.6 Å². The van der Waals surface area contributed by atoms with Crippen molar-refractivity contribution in [3.8, 4) is 0 Å². The highest BCUT2D eigenvalue weighted by Crippen LogP contribution is 2.44. The van der Waals surface area contributed by atoms with Crippen molar-refractivity contribution in [3.05, 3.63) is 93.2 Å². The first-order valence-electron chi connectivity index (χ1n) is 8.75. The highest BCUT2D eigenvalue weighted by Gasteiger charge is 2.48. The molecule has 0 spiro atoms. The van der Waals surface area contributed by atoms with Gasteiger partial charge in [0.25, 0.3) is 11.7 Å². The van der Waals surface area contributed by atoms with Crippen molar-refractivity contribution in [1.29, 1.82) is 0 Å². The fourth-order valence-electron chi connectivity index (χ4n) is 3.40. The Hall–Kier alpha value is -3.32. The molecule has 0 bridgehead atoms. The molecule has 3 aromatic rings. The van der Waals surface area contributed by atoms with Gasteiger partial charge >= 0.3 is 0 Å². The molecule has 1 aliphatic rings. The van der Waals surface area contributed by atoms with E-state index in [9.17, 15) is 23.5 Å². The van der Waals surface area contributed by atoms with Crippen molar-refractivity contribution in [2.75, 3.05) is 4.90 Å². The van der Waals surface area contributed by atoms with Gasteiger partial charge in [-0.2, -0.15) is 0 Å². The van der Waals surface area contributed by atoms with Gasteiger partial charge in [0.2, 0.25) is 0 Å². The fourth-order valence-corrected chi connectivity index (χ4v) is 4.42. The third-order valence-corrected chi connectivity index (χ3v) is 5.89. The Labute approximate surface area is 169 Å². The molecule has 2 heterocycles. The van der Waals surface area contributed by atoms with Gasteiger partial charge in [-0.25, -0.2) is 8.78 Å². The van der Waals surface area contributed by atoms with Crippen LogP contribution >= 0.6 is 11.3 Å². The van der Waals surface area contributed by atoms with Gasteiger partial charge in [-0.3, -0.25) is 14.5 Å². The summed E-state index contributed by atoms with van der Waals surface area (Å²) in [6.07, 6.45) is 0. The second-order valence-corrected chi connectivity index (χ2v) is 7.55. The lowest BCUT2D eigenvalue weighted by Crippen LogP contribution is -2.29. The van der Waals surface area contributed by atoms with E-state index in [-0.39, 0.29) is 17.0 Å². The number of hydrogen-bond acceptors (Lipinski definition) is 4. The Balaban J connectivity index is 1.96. The highest BCUT2D eigenvalue weighted by molar-refractivity contribution is 7.10. The van der Waals surface area contributed by atoms with Crippen LogP contribution in [0, 0.1) is 18.6 Å². The normalized spacial score (nSPS) is 18.4. The number of halogens is 2. The summed E-state index contributed by atoms with van der Waals surface area (Å²) in [5.41, 5.74) is 1.15. The van der Waals surface area contributed by atoms with Crippen molar-refractivity contribution in [2.45, 2.75) is 13.0 Å². The molecule has 1 atom stereocenters. The quantitative estimate of drug-likeness (QED) is 0.376. The number of ketones is 1. The van der Waals surface area contributed by atoms with Crippen molar-refractivity contribution in [1.82, 2.24) is 0 Å². The number of carbonyl (C=O) groups is 2. The van der Waals surface area contributed by atoms with Crippen LogP contribution in [0.4, 0.5) is 14.5 Å². The molecule has 1 aromatic heterocycles. The van der Waals surface area contributed by atoms with Gasteiger partial charge in [-0.1, -0.05) is 30.3 Å². The number of aryl methyl sites for hydroxylation is 1. The average Bonchev–Trinajstić information content (AvgIpc) is 3.25. The number of amides is 1. The van der Waals surface area contributed by atoms with Crippen molar-refractivity contribution < 1.29 is 23.5 Å². The zero-order valence-electron chi connectivity index (χ0n) is 15.2. The molecule has 4 rings (SSSR count). The van der Waals surface area contributed by atoms with Gasteiger partial charge in [0.05, 0.1) is 5.57 Å². The van der Waals surface area contributed by atoms with Gasteiger partial charge in [0.1, 0.15) is 11.8 Å². The number of carbonyl (C=O) groups excluding carboxylic acids is 2. The minimum atomic E-state index is -1.13. The smallest absolute Gasteiger partial charge is 0.300 e. The molecule has 4 nitrogen and oxygen atoms in total. The van der Waals surface area contributed by atoms with Crippen LogP contribution in [0.1, 0.15) is 22.0 Å². The van der Waals surface area contributed by atoms with E-state index >= 15 is 0 Å². The molecule has 0 radical (unpaired) electrons. The van der Waals surface area contributed by atoms with E-state index in [4.69, 9.17) is 0 Å². The zero-order chi connectivity index (χ0) is 20.7. The van der Waals surface area contributed by atoms with Crippen molar-refractivity contribution in [3.63, 3.8) is 0 Å². The van der Waals surface area contributed by atoms with E-state index in [1.54, 1.807) is 35.7 Å². The van der Waals surface area contributed by atoms with E-state index in [1.165, 1.54) is 17.4 Å². The van der Waals surface area contributed by atoms with Gasteiger partial charge in [-0.05, 0) is 36.1 Å². The molecule has 2 aromatic carbocycles. The SMILES string of the molecule is Cc1ccsc1C1/C(=C(/O)c2ccccc2)C(=O)C(=O)N1c1ccc(F)c(F)c1. The molecule has 1 unspecified atom stereocenters. The molecule has 1 aliphatic heterocycles. The topological polar surface area (TPSA) is 57.6 Å². The Kier molecular flexibility index (Phi) is 4.76. The summed E-state index contributed by atoms with van der Waals surface area (Å²) in [4.78, 5) is 27.6. The second kappa shape index (κ2) is 7.25. The van der Waals surface area contributed by atoms with Gasteiger partial charge in [0.15, 0.2) is 11.6 Å². The van der Waals surface area contributed by atoms with Crippen LogP contribution in [-0.4, -0.2) is 16.8 Å². The maximum atomic E-state index is 13.9. The van der Waals surface area contributed by atoms with E-state index in [0.29, 0.717) is 10.4 Å². The number of Topliss-reactive ketones (excluding diaryl/α,β-unsaturated/α-hetero) is 1. The number of hydrogen-bond donors (Lipinski definition) is 1. The zero-order valence-corrected chi connectivity index (χ0v) is 16.0. The monoisotopic (exact) mass is 411 g/mol. The van der Waals surface area contributed by atoms with Crippen LogP contribution in [0.25, 0.3) is 5.76 Å². The maximum absolute atomic E-state index is 13.9. The molecule has 1 saturated heterocycles. The van der Waals surface area contributed by atoms with Crippen LogP contribution in [0.5, 0.6) is 0 Å². The molecular formula is C22H15F2NO3S. The largest absolute Gasteiger partial charge is 0.507 e. The lowest BCUT2D eigenvalue weighted by atomic mass is 9.98. The molecule has 0 saturated carbocycles. The third-order valence-electron chi connectivity index (χ3n) is 4.82. The van der Waals surface area contributed by atoms with Crippen LogP contribution in [-0.2, 0) is 9.59 Å². The average molecular weight is 411 g/mol. The summed E-state index contributed by atoms with van der Waals surface area (Å²) in [5, 5.41) is 12.7. The first kappa shape index (κ1) is 19.0. The van der Waals surface area contributed by atoms with Crippen LogP contribution < -0.4 is 4.90 Å². The molecule has 29 heavy (non-hydrogen) atoms. The van der Waals surface area contributed by atoms with Crippen LogP contribution in [0.3, 0.4) is 0 Å². The molecule has 7 heteroatoms. The minimum absolute atomic E-state index is 0.0379. The van der Waals surface area contributed by atoms with Crippen molar-refractivity contribution in [2.24, 2.45) is 0 Å². The van der Waals surface area contributed by atoms with Gasteiger partial charge in [0, 0.05) is 22.2 Å². The molecule has 1 amide bonds. The van der Waals surface area contributed by atoms with E-state index < -0.39 is 29.4 Å². The maximum Gasteiger partial charge on any atom is 0.300 e. The first-order chi connectivity index (χ1) is 13.9. The lowest BCUT2D eigenvalue weighted by molar-refractivity contribution is -0.132. The Morgan fingerprint density at radius 1 is 1.03 bits per heavy atom. The molecule has 1 N–H and O–H groups in total. The number of aliphatic hydroxyl groups is 1. The number of thiophene rings is 1. The predicted molar refractivity (Wildman–Crippen MR) is 107 cm³/mol. The molecule has 146 valence electrons. The number of rotatable bonds is 3. The highest BCUT2D eigenvalue weighted by atomic mass is 32.1. The Morgan fingerprint density at radius 2 is 1.76 bits per heavy atom. The Bertz CT molecular complexity index is 1150. The summed E-state index contributed by atoms with van der Waals surface area (Å²) >= 11 is 1.31. The van der Waals surface area contributed by atoms with Crippen molar-refractivity contribution >= 4 is 34.5 Å². The lowest BCUT2D eigenvalue weighted by Gasteiger charge is -2.25. The second-order valence-electron chi connectivity index (χ2n) is 6.60. The fraction of sp³-hybridized carbons (Fsp3) is 0.0909. The predicted octanol–water partition coefficient (Wildman–Crippen LogP) is 4.96. The summed E-state index contributed by atoms with van der Waals surface area (Å²) in [6, 6.07) is 12.3. The minimum Gasteiger partial charge on any atom is -0.507 e. The number of benzene rings is 2. The standard InChI is InChI=1S/C22H15F2NO3S/c1-12-9-10-29-21(12)18-17(19(26)13-5-3-2-4-6-13)20(27)22(28)25(18)14-7-8-15(23)16(24)11-14/h2-11,18,26H,1H3/b19-17-. The molecule has 0 aliphatic carbocycles. The number of anilines is 1. The van der Waals surface area contributed by atoms with Gasteiger partial charge < -0.3 is 5.11 Å². The summed E-state index contributed by atoms with van der Waals surface area (Å²) in [5.74, 6) is -4.29.